The van der Waals surface area contributed by atoms with Crippen LogP contribution in [0.5, 0.6) is 5.75 Å². The maximum atomic E-state index is 5.73. The van der Waals surface area contributed by atoms with E-state index in [4.69, 9.17) is 4.74 Å². The van der Waals surface area contributed by atoms with Crippen LogP contribution in [-0.2, 0) is 0 Å². The second-order valence-corrected chi connectivity index (χ2v) is 5.72. The van der Waals surface area contributed by atoms with Gasteiger partial charge in [-0.1, -0.05) is 22.0 Å². The molecule has 0 bridgehead atoms. The van der Waals surface area contributed by atoms with Crippen molar-refractivity contribution in [2.24, 2.45) is 0 Å². The van der Waals surface area contributed by atoms with Gasteiger partial charge in [0.05, 0.1) is 6.61 Å². The second kappa shape index (κ2) is 7.12. The van der Waals surface area contributed by atoms with Gasteiger partial charge in [-0.2, -0.15) is 0 Å². The molecule has 18 heavy (non-hydrogen) atoms. The Kier molecular flexibility index (Phi) is 5.47. The third kappa shape index (κ3) is 4.59. The van der Waals surface area contributed by atoms with Crippen LogP contribution in [0, 0.1) is 0 Å². The first-order valence-corrected chi connectivity index (χ1v) is 7.32. The van der Waals surface area contributed by atoms with Crippen molar-refractivity contribution in [3.63, 3.8) is 0 Å². The predicted molar refractivity (Wildman–Crippen MR) is 78.2 cm³/mol. The van der Waals surface area contributed by atoms with Crippen molar-refractivity contribution in [3.8, 4) is 5.75 Å². The van der Waals surface area contributed by atoms with Crippen molar-refractivity contribution in [3.05, 3.63) is 28.7 Å². The van der Waals surface area contributed by atoms with Crippen LogP contribution in [0.15, 0.2) is 28.7 Å². The second-order valence-electron chi connectivity index (χ2n) is 4.80. The number of piperazine rings is 1. The van der Waals surface area contributed by atoms with Crippen LogP contribution in [0.4, 0.5) is 0 Å². The summed E-state index contributed by atoms with van der Waals surface area (Å²) in [6.45, 7) is 6.68. The number of rotatable bonds is 5. The third-order valence-corrected chi connectivity index (χ3v) is 3.77. The molecule has 0 radical (unpaired) electrons. The zero-order valence-corrected chi connectivity index (χ0v) is 12.5. The van der Waals surface area contributed by atoms with E-state index in [-0.39, 0.29) is 0 Å². The molecule has 4 heteroatoms. The molecule has 1 aromatic rings. The number of hydrogen-bond donors (Lipinski definition) is 0. The first-order chi connectivity index (χ1) is 8.74. The van der Waals surface area contributed by atoms with E-state index in [1.54, 1.807) is 0 Å². The summed E-state index contributed by atoms with van der Waals surface area (Å²) < 4.78 is 6.80. The van der Waals surface area contributed by atoms with Gasteiger partial charge in [0, 0.05) is 37.2 Å². The van der Waals surface area contributed by atoms with E-state index in [0.717, 1.165) is 29.8 Å². The normalized spacial score (nSPS) is 17.9. The molecule has 0 N–H and O–H groups in total. The largest absolute Gasteiger partial charge is 0.494 e. The van der Waals surface area contributed by atoms with Crippen LogP contribution < -0.4 is 4.74 Å². The number of likely N-dealkylation sites (N-methyl/N-ethyl adjacent to an activating group) is 1. The van der Waals surface area contributed by atoms with Crippen LogP contribution in [0.3, 0.4) is 0 Å². The summed E-state index contributed by atoms with van der Waals surface area (Å²) in [4.78, 5) is 4.90. The Morgan fingerprint density at radius 3 is 2.72 bits per heavy atom. The van der Waals surface area contributed by atoms with Gasteiger partial charge >= 0.3 is 0 Å². The monoisotopic (exact) mass is 312 g/mol. The average molecular weight is 313 g/mol. The van der Waals surface area contributed by atoms with Crippen molar-refractivity contribution >= 4 is 15.9 Å². The van der Waals surface area contributed by atoms with Gasteiger partial charge in [0.25, 0.3) is 0 Å². The molecule has 0 amide bonds. The van der Waals surface area contributed by atoms with Gasteiger partial charge in [-0.25, -0.2) is 0 Å². The molecule has 2 rings (SSSR count). The highest BCUT2D eigenvalue weighted by Crippen LogP contribution is 2.17. The quantitative estimate of drug-likeness (QED) is 0.777. The lowest BCUT2D eigenvalue weighted by atomic mass is 10.3. The first-order valence-electron chi connectivity index (χ1n) is 6.53. The maximum Gasteiger partial charge on any atom is 0.120 e. The fraction of sp³-hybridized carbons (Fsp3) is 0.571. The Labute approximate surface area is 118 Å². The fourth-order valence-corrected chi connectivity index (χ4v) is 2.48. The molecule has 0 aliphatic carbocycles. The first kappa shape index (κ1) is 13.8. The van der Waals surface area contributed by atoms with Gasteiger partial charge in [0.2, 0.25) is 0 Å². The molecule has 1 aliphatic rings. The summed E-state index contributed by atoms with van der Waals surface area (Å²) in [6, 6.07) is 8.02. The van der Waals surface area contributed by atoms with Gasteiger partial charge in [-0.05, 0) is 31.7 Å². The maximum absolute atomic E-state index is 5.73. The zero-order valence-electron chi connectivity index (χ0n) is 10.9. The van der Waals surface area contributed by atoms with E-state index in [9.17, 15) is 0 Å². The van der Waals surface area contributed by atoms with Gasteiger partial charge < -0.3 is 14.5 Å². The molecule has 1 aliphatic heterocycles. The summed E-state index contributed by atoms with van der Waals surface area (Å²) >= 11 is 3.45. The Bertz CT molecular complexity index is 365. The average Bonchev–Trinajstić information content (AvgIpc) is 2.37. The fourth-order valence-electron chi connectivity index (χ4n) is 2.11. The SMILES string of the molecule is CN1CCN(CCCOc2cccc(Br)c2)CC1. The topological polar surface area (TPSA) is 15.7 Å². The lowest BCUT2D eigenvalue weighted by Crippen LogP contribution is -2.44. The van der Waals surface area contributed by atoms with Crippen LogP contribution in [0.25, 0.3) is 0 Å². The van der Waals surface area contributed by atoms with E-state index in [2.05, 4.69) is 32.8 Å². The number of nitrogens with zero attached hydrogens (tertiary/aromatic N) is 2. The van der Waals surface area contributed by atoms with Crippen molar-refractivity contribution in [1.82, 2.24) is 9.80 Å². The lowest BCUT2D eigenvalue weighted by Gasteiger charge is -2.32. The van der Waals surface area contributed by atoms with Gasteiger partial charge in [0.15, 0.2) is 0 Å². The minimum atomic E-state index is 0.794. The molecule has 0 aromatic heterocycles. The Morgan fingerprint density at radius 2 is 2.00 bits per heavy atom. The molecule has 3 nitrogen and oxygen atoms in total. The van der Waals surface area contributed by atoms with Crippen LogP contribution in [0.2, 0.25) is 0 Å². The van der Waals surface area contributed by atoms with Crippen LogP contribution >= 0.6 is 15.9 Å². The van der Waals surface area contributed by atoms with Gasteiger partial charge in [-0.15, -0.1) is 0 Å². The zero-order chi connectivity index (χ0) is 12.8. The molecule has 1 saturated heterocycles. The predicted octanol–water partition coefficient (Wildman–Crippen LogP) is 2.47. The molecule has 0 atom stereocenters. The van der Waals surface area contributed by atoms with E-state index >= 15 is 0 Å². The van der Waals surface area contributed by atoms with E-state index < -0.39 is 0 Å². The molecule has 1 fully saturated rings. The summed E-state index contributed by atoms with van der Waals surface area (Å²) in [7, 11) is 2.19. The molecule has 0 spiro atoms. The van der Waals surface area contributed by atoms with Gasteiger partial charge in [0.1, 0.15) is 5.75 Å². The molecular weight excluding hydrogens is 292 g/mol. The summed E-state index contributed by atoms with van der Waals surface area (Å²) in [6.07, 6.45) is 1.09. The molecule has 100 valence electrons. The molecule has 1 heterocycles. The summed E-state index contributed by atoms with van der Waals surface area (Å²) in [5, 5.41) is 0. The van der Waals surface area contributed by atoms with Crippen LogP contribution in [0.1, 0.15) is 6.42 Å². The Balaban J connectivity index is 1.61. The Morgan fingerprint density at radius 1 is 1.22 bits per heavy atom. The number of ether oxygens (including phenoxy) is 1. The number of halogens is 1. The highest BCUT2D eigenvalue weighted by atomic mass is 79.9. The highest BCUT2D eigenvalue weighted by Gasteiger charge is 2.12. The number of benzene rings is 1. The van der Waals surface area contributed by atoms with E-state index in [1.807, 2.05) is 24.3 Å². The molecule has 0 saturated carbocycles. The smallest absolute Gasteiger partial charge is 0.120 e. The standard InChI is InChI=1S/C14H21BrN2O/c1-16-7-9-17(10-8-16)6-3-11-18-14-5-2-4-13(15)12-14/h2,4-5,12H,3,6-11H2,1H3. The lowest BCUT2D eigenvalue weighted by molar-refractivity contribution is 0.145. The van der Waals surface area contributed by atoms with Crippen molar-refractivity contribution < 1.29 is 4.74 Å². The number of hydrogen-bond acceptors (Lipinski definition) is 3. The van der Waals surface area contributed by atoms with Gasteiger partial charge in [-0.3, -0.25) is 0 Å². The third-order valence-electron chi connectivity index (χ3n) is 3.28. The summed E-state index contributed by atoms with van der Waals surface area (Å²) in [5.41, 5.74) is 0. The van der Waals surface area contributed by atoms with E-state index in [0.29, 0.717) is 0 Å². The molecular formula is C14H21BrN2O. The van der Waals surface area contributed by atoms with Crippen molar-refractivity contribution in [2.45, 2.75) is 6.42 Å². The van der Waals surface area contributed by atoms with Crippen molar-refractivity contribution in [2.75, 3.05) is 46.4 Å². The van der Waals surface area contributed by atoms with Crippen LogP contribution in [-0.4, -0.2) is 56.2 Å². The van der Waals surface area contributed by atoms with Crippen molar-refractivity contribution in [1.29, 1.82) is 0 Å². The summed E-state index contributed by atoms with van der Waals surface area (Å²) in [5.74, 6) is 0.947. The minimum absolute atomic E-state index is 0.794. The molecule has 1 aromatic carbocycles. The highest BCUT2D eigenvalue weighted by molar-refractivity contribution is 9.10. The Hall–Kier alpha value is -0.580. The molecule has 0 unspecified atom stereocenters. The minimum Gasteiger partial charge on any atom is -0.494 e. The van der Waals surface area contributed by atoms with E-state index in [1.165, 1.54) is 26.2 Å².